The van der Waals surface area contributed by atoms with Crippen LogP contribution in [0.1, 0.15) is 11.6 Å². The third-order valence-corrected chi connectivity index (χ3v) is 3.24. The van der Waals surface area contributed by atoms with Crippen LogP contribution in [-0.4, -0.2) is 36.0 Å². The first kappa shape index (κ1) is 15.6. The van der Waals surface area contributed by atoms with Crippen molar-refractivity contribution < 1.29 is 35.9 Å². The van der Waals surface area contributed by atoms with Crippen LogP contribution in [0.5, 0.6) is 0 Å². The summed E-state index contributed by atoms with van der Waals surface area (Å²) in [5.41, 5.74) is -4.65. The van der Waals surface area contributed by atoms with Gasteiger partial charge in [-0.15, -0.1) is 0 Å². The second-order valence-electron chi connectivity index (χ2n) is 4.48. The molecule has 116 valence electrons. The largest absolute Gasteiger partial charge is 0.453 e. The molecule has 1 aromatic carbocycles. The van der Waals surface area contributed by atoms with Crippen molar-refractivity contribution in [3.8, 4) is 0 Å². The Balaban J connectivity index is 2.56. The second kappa shape index (κ2) is 4.62. The lowest BCUT2D eigenvalue weighted by atomic mass is 10.0. The molecule has 1 aliphatic heterocycles. The van der Waals surface area contributed by atoms with Crippen LogP contribution in [-0.2, 0) is 9.53 Å². The average molecular weight is 313 g/mol. The van der Waals surface area contributed by atoms with E-state index in [0.717, 1.165) is 0 Å². The minimum atomic E-state index is -5.82. The van der Waals surface area contributed by atoms with Crippen LogP contribution in [0.25, 0.3) is 0 Å². The first-order chi connectivity index (χ1) is 9.52. The number of nitrogens with zero attached hydrogens (tertiary/aromatic N) is 1. The number of alkyl halides is 6. The fourth-order valence-electron chi connectivity index (χ4n) is 2.28. The summed E-state index contributed by atoms with van der Waals surface area (Å²) in [6.07, 6.45) is -11.6. The van der Waals surface area contributed by atoms with E-state index in [1.54, 1.807) is 0 Å². The van der Waals surface area contributed by atoms with E-state index in [-0.39, 0.29) is 10.5 Å². The highest BCUT2D eigenvalue weighted by Gasteiger charge is 2.81. The first-order valence-corrected chi connectivity index (χ1v) is 5.66. The molecule has 0 aromatic heterocycles. The molecular formula is C12H9F6NO2. The molecule has 1 atom stereocenters. The fraction of sp³-hybridized carbons (Fsp3) is 0.417. The van der Waals surface area contributed by atoms with Crippen molar-refractivity contribution in [2.45, 2.75) is 24.1 Å². The summed E-state index contributed by atoms with van der Waals surface area (Å²) in [6, 6.07) is 5.05. The van der Waals surface area contributed by atoms with Crippen molar-refractivity contribution in [1.82, 2.24) is 4.90 Å². The third-order valence-electron chi connectivity index (χ3n) is 3.24. The molecule has 1 saturated heterocycles. The Bertz CT molecular complexity index is 525. The first-order valence-electron chi connectivity index (χ1n) is 5.66. The SMILES string of the molecule is CN1[C@H](c2ccccc2)C(=O)OC1(C(F)(F)F)C(F)(F)F. The van der Waals surface area contributed by atoms with Crippen LogP contribution < -0.4 is 0 Å². The van der Waals surface area contributed by atoms with E-state index in [4.69, 9.17) is 0 Å². The van der Waals surface area contributed by atoms with Crippen molar-refractivity contribution in [2.24, 2.45) is 0 Å². The van der Waals surface area contributed by atoms with E-state index in [9.17, 15) is 31.1 Å². The van der Waals surface area contributed by atoms with E-state index in [1.165, 1.54) is 30.3 Å². The van der Waals surface area contributed by atoms with Gasteiger partial charge in [0.15, 0.2) is 0 Å². The number of carbonyl (C=O) groups is 1. The summed E-state index contributed by atoms with van der Waals surface area (Å²) in [7, 11) is 0.559. The van der Waals surface area contributed by atoms with E-state index < -0.39 is 30.1 Å². The van der Waals surface area contributed by atoms with Gasteiger partial charge in [-0.2, -0.15) is 26.3 Å². The summed E-state index contributed by atoms with van der Waals surface area (Å²) < 4.78 is 81.7. The van der Waals surface area contributed by atoms with Crippen LogP contribution in [0.3, 0.4) is 0 Å². The Morgan fingerprint density at radius 2 is 1.52 bits per heavy atom. The second-order valence-corrected chi connectivity index (χ2v) is 4.48. The number of hydrogen-bond acceptors (Lipinski definition) is 3. The maximum atomic E-state index is 13.0. The zero-order valence-corrected chi connectivity index (χ0v) is 10.5. The Kier molecular flexibility index (Phi) is 3.43. The Hall–Kier alpha value is -1.77. The van der Waals surface area contributed by atoms with Gasteiger partial charge in [-0.05, 0) is 12.6 Å². The van der Waals surface area contributed by atoms with Gasteiger partial charge in [-0.25, -0.2) is 9.69 Å². The van der Waals surface area contributed by atoms with Crippen LogP contribution >= 0.6 is 0 Å². The molecule has 0 N–H and O–H groups in total. The smallest absolute Gasteiger partial charge is 0.423 e. The van der Waals surface area contributed by atoms with Gasteiger partial charge < -0.3 is 4.74 Å². The summed E-state index contributed by atoms with van der Waals surface area (Å²) in [4.78, 5) is 11.5. The highest BCUT2D eigenvalue weighted by molar-refractivity contribution is 5.80. The monoisotopic (exact) mass is 313 g/mol. The molecule has 1 heterocycles. The lowest BCUT2D eigenvalue weighted by Crippen LogP contribution is -2.64. The zero-order valence-electron chi connectivity index (χ0n) is 10.5. The number of hydrogen-bond donors (Lipinski definition) is 0. The Labute approximate surface area is 115 Å². The standard InChI is InChI=1S/C12H9F6NO2/c1-19-8(7-5-3-2-4-6-7)9(20)21-10(19,11(13,14)15)12(16,17)18/h2-6,8H,1H3/t8-/m1/s1. The predicted molar refractivity (Wildman–Crippen MR) is 57.9 cm³/mol. The molecule has 0 bridgehead atoms. The minimum absolute atomic E-state index is 0.0135. The van der Waals surface area contributed by atoms with Crippen molar-refractivity contribution in [1.29, 1.82) is 0 Å². The summed E-state index contributed by atoms with van der Waals surface area (Å²) in [5.74, 6) is -1.60. The van der Waals surface area contributed by atoms with Crippen molar-refractivity contribution in [3.63, 3.8) is 0 Å². The summed E-state index contributed by atoms with van der Waals surface area (Å²) >= 11 is 0. The predicted octanol–water partition coefficient (Wildman–Crippen LogP) is 3.04. The van der Waals surface area contributed by atoms with E-state index >= 15 is 0 Å². The highest BCUT2D eigenvalue weighted by Crippen LogP contribution is 2.54. The number of cyclic esters (lactones) is 1. The lowest BCUT2D eigenvalue weighted by Gasteiger charge is -2.37. The number of esters is 1. The molecule has 0 saturated carbocycles. The van der Waals surface area contributed by atoms with Crippen LogP contribution in [0.15, 0.2) is 30.3 Å². The highest BCUT2D eigenvalue weighted by atomic mass is 19.4. The molecule has 3 nitrogen and oxygen atoms in total. The van der Waals surface area contributed by atoms with Gasteiger partial charge >= 0.3 is 24.0 Å². The Morgan fingerprint density at radius 1 is 1.05 bits per heavy atom. The van der Waals surface area contributed by atoms with Crippen molar-refractivity contribution >= 4 is 5.97 Å². The normalized spacial score (nSPS) is 23.2. The number of ether oxygens (including phenoxy) is 1. The van der Waals surface area contributed by atoms with Gasteiger partial charge in [-0.1, -0.05) is 30.3 Å². The molecule has 0 spiro atoms. The van der Waals surface area contributed by atoms with Gasteiger partial charge in [0.2, 0.25) is 0 Å². The lowest BCUT2D eigenvalue weighted by molar-refractivity contribution is -0.399. The van der Waals surface area contributed by atoms with Gasteiger partial charge in [0.1, 0.15) is 6.04 Å². The van der Waals surface area contributed by atoms with E-state index in [0.29, 0.717) is 7.05 Å². The summed E-state index contributed by atoms with van der Waals surface area (Å²) in [6.45, 7) is 0. The number of likely N-dealkylation sites (N-methyl/N-ethyl adjacent to an activating group) is 1. The quantitative estimate of drug-likeness (QED) is 0.589. The third kappa shape index (κ3) is 2.15. The molecule has 0 amide bonds. The zero-order chi connectivity index (χ0) is 16.1. The maximum Gasteiger partial charge on any atom is 0.453 e. The molecule has 9 heteroatoms. The topological polar surface area (TPSA) is 29.5 Å². The van der Waals surface area contributed by atoms with Gasteiger partial charge in [-0.3, -0.25) is 0 Å². The minimum Gasteiger partial charge on any atom is -0.423 e. The molecule has 1 aliphatic rings. The molecule has 1 aromatic rings. The molecule has 21 heavy (non-hydrogen) atoms. The summed E-state index contributed by atoms with van der Waals surface area (Å²) in [5, 5.41) is 0. The molecule has 0 unspecified atom stereocenters. The number of rotatable bonds is 1. The molecule has 0 aliphatic carbocycles. The molecule has 0 radical (unpaired) electrons. The van der Waals surface area contributed by atoms with Crippen molar-refractivity contribution in [3.05, 3.63) is 35.9 Å². The number of carbonyl (C=O) groups excluding carboxylic acids is 1. The van der Waals surface area contributed by atoms with Crippen molar-refractivity contribution in [2.75, 3.05) is 7.05 Å². The molecule has 1 fully saturated rings. The Morgan fingerprint density at radius 3 is 1.90 bits per heavy atom. The van der Waals surface area contributed by atoms with Gasteiger partial charge in [0.25, 0.3) is 0 Å². The number of halogens is 6. The van der Waals surface area contributed by atoms with Crippen LogP contribution in [0, 0.1) is 0 Å². The maximum absolute atomic E-state index is 13.0. The van der Waals surface area contributed by atoms with E-state index in [1.807, 2.05) is 0 Å². The molecular weight excluding hydrogens is 304 g/mol. The van der Waals surface area contributed by atoms with Crippen LogP contribution in [0.4, 0.5) is 26.3 Å². The molecule has 2 rings (SSSR count). The fourth-order valence-corrected chi connectivity index (χ4v) is 2.28. The number of benzene rings is 1. The van der Waals surface area contributed by atoms with Crippen LogP contribution in [0.2, 0.25) is 0 Å². The van der Waals surface area contributed by atoms with Gasteiger partial charge in [0.05, 0.1) is 0 Å². The van der Waals surface area contributed by atoms with Gasteiger partial charge in [0, 0.05) is 0 Å². The average Bonchev–Trinajstić information content (AvgIpc) is 2.62. The van der Waals surface area contributed by atoms with E-state index in [2.05, 4.69) is 4.74 Å².